The molecule has 0 saturated carbocycles. The first kappa shape index (κ1) is 10.4. The monoisotopic (exact) mass is 182 g/mol. The molecule has 0 aromatic carbocycles. The standard InChI is InChI=1S/C10H18N2O/c1-2-4-11-6-8-12(9-7-11)5-3-10-13/h13H,3,5-10H2,1H3. The van der Waals surface area contributed by atoms with Crippen LogP contribution in [-0.4, -0.2) is 54.2 Å². The Morgan fingerprint density at radius 3 is 2.46 bits per heavy atom. The zero-order valence-electron chi connectivity index (χ0n) is 8.29. The van der Waals surface area contributed by atoms with Crippen LogP contribution in [0.2, 0.25) is 0 Å². The summed E-state index contributed by atoms with van der Waals surface area (Å²) in [5.74, 6) is 2.91. The van der Waals surface area contributed by atoms with E-state index in [2.05, 4.69) is 21.8 Å². The Hall–Kier alpha value is -0.720. The fraction of sp³-hybridized carbons (Fsp3) is 0.800. The van der Waals surface area contributed by atoms with Gasteiger partial charge in [0.15, 0.2) is 0 Å². The van der Waals surface area contributed by atoms with Gasteiger partial charge in [-0.2, -0.15) is 0 Å². The number of aliphatic hydroxyl groups excluding tert-OH is 1. The summed E-state index contributed by atoms with van der Waals surface area (Å²) in [6.07, 6.45) is 0.888. The summed E-state index contributed by atoms with van der Waals surface area (Å²) in [5.41, 5.74) is 0. The smallest absolute Gasteiger partial charge is 0.0443 e. The minimum atomic E-state index is 0.301. The molecule has 0 radical (unpaired) electrons. The minimum absolute atomic E-state index is 0.301. The van der Waals surface area contributed by atoms with Crippen LogP contribution in [-0.2, 0) is 0 Å². The van der Waals surface area contributed by atoms with Crippen molar-refractivity contribution >= 4 is 0 Å². The van der Waals surface area contributed by atoms with Crippen LogP contribution in [0, 0.1) is 12.0 Å². The van der Waals surface area contributed by atoms with Crippen molar-refractivity contribution in [1.29, 1.82) is 0 Å². The summed E-state index contributed by atoms with van der Waals surface area (Å²) >= 11 is 0. The fourth-order valence-electron chi connectivity index (χ4n) is 1.54. The van der Waals surface area contributed by atoms with Crippen molar-refractivity contribution in [2.75, 3.05) is 39.3 Å². The Bertz CT molecular complexity index is 187. The Balaban J connectivity index is 2.17. The molecule has 1 rings (SSSR count). The van der Waals surface area contributed by atoms with Crippen LogP contribution in [0.1, 0.15) is 13.3 Å². The van der Waals surface area contributed by atoms with Crippen LogP contribution in [0.15, 0.2) is 0 Å². The van der Waals surface area contributed by atoms with Gasteiger partial charge in [-0.05, 0) is 13.3 Å². The second-order valence-corrected chi connectivity index (χ2v) is 3.27. The van der Waals surface area contributed by atoms with Crippen LogP contribution in [0.3, 0.4) is 0 Å². The lowest BCUT2D eigenvalue weighted by atomic mass is 10.3. The van der Waals surface area contributed by atoms with E-state index in [-0.39, 0.29) is 0 Å². The summed E-state index contributed by atoms with van der Waals surface area (Å²) in [7, 11) is 0. The van der Waals surface area contributed by atoms with Crippen LogP contribution in [0.25, 0.3) is 0 Å². The van der Waals surface area contributed by atoms with Gasteiger partial charge in [-0.1, -0.05) is 5.92 Å². The summed E-state index contributed by atoms with van der Waals surface area (Å²) in [4.78, 5) is 4.54. The normalized spacial score (nSPS) is 18.2. The molecule has 1 fully saturated rings. The highest BCUT2D eigenvalue weighted by Crippen LogP contribution is 2.00. The van der Waals surface area contributed by atoms with Crippen LogP contribution in [0.5, 0.6) is 0 Å². The molecule has 1 N–H and O–H groups in total. The third-order valence-electron chi connectivity index (χ3n) is 2.27. The van der Waals surface area contributed by atoms with Gasteiger partial charge in [-0.3, -0.25) is 4.90 Å². The van der Waals surface area contributed by atoms with Gasteiger partial charge in [-0.25, -0.2) is 0 Å². The average molecular weight is 182 g/mol. The lowest BCUT2D eigenvalue weighted by Gasteiger charge is -2.32. The maximum absolute atomic E-state index is 8.67. The first-order chi connectivity index (χ1) is 6.36. The molecule has 0 aliphatic carbocycles. The number of hydrogen-bond donors (Lipinski definition) is 1. The van der Waals surface area contributed by atoms with Gasteiger partial charge in [0.2, 0.25) is 0 Å². The first-order valence-electron chi connectivity index (χ1n) is 4.87. The first-order valence-corrected chi connectivity index (χ1v) is 4.87. The van der Waals surface area contributed by atoms with Crippen LogP contribution in [0.4, 0.5) is 0 Å². The summed E-state index contributed by atoms with van der Waals surface area (Å²) < 4.78 is 0. The minimum Gasteiger partial charge on any atom is -0.396 e. The van der Waals surface area contributed by atoms with Gasteiger partial charge in [-0.15, -0.1) is 0 Å². The molecule has 0 aromatic heterocycles. The van der Waals surface area contributed by atoms with Gasteiger partial charge in [0.1, 0.15) is 0 Å². The molecule has 74 valence electrons. The van der Waals surface area contributed by atoms with Gasteiger partial charge < -0.3 is 10.0 Å². The highest BCUT2D eigenvalue weighted by molar-refractivity contribution is 4.96. The quantitative estimate of drug-likeness (QED) is 0.621. The Morgan fingerprint density at radius 1 is 1.23 bits per heavy atom. The molecule has 3 heteroatoms. The second kappa shape index (κ2) is 5.85. The number of rotatable bonds is 3. The van der Waals surface area contributed by atoms with E-state index in [4.69, 9.17) is 5.11 Å². The molecular weight excluding hydrogens is 164 g/mol. The average Bonchev–Trinajstić information content (AvgIpc) is 2.17. The molecular formula is C10H18N2O. The van der Waals surface area contributed by atoms with E-state index in [1.807, 2.05) is 6.92 Å². The third-order valence-corrected chi connectivity index (χ3v) is 2.27. The molecule has 0 spiro atoms. The number of aliphatic hydroxyl groups is 1. The van der Waals surface area contributed by atoms with E-state index in [0.29, 0.717) is 6.61 Å². The van der Waals surface area contributed by atoms with Gasteiger partial charge in [0, 0.05) is 45.4 Å². The highest BCUT2D eigenvalue weighted by atomic mass is 16.3. The molecule has 1 heterocycles. The molecule has 0 bridgehead atoms. The number of nitrogens with zero attached hydrogens (tertiary/aromatic N) is 2. The van der Waals surface area contributed by atoms with E-state index in [0.717, 1.165) is 39.1 Å². The molecule has 1 saturated heterocycles. The molecule has 0 amide bonds. The molecule has 1 aliphatic rings. The topological polar surface area (TPSA) is 26.7 Å². The predicted molar refractivity (Wildman–Crippen MR) is 53.2 cm³/mol. The van der Waals surface area contributed by atoms with E-state index < -0.39 is 0 Å². The zero-order valence-corrected chi connectivity index (χ0v) is 8.29. The molecule has 0 atom stereocenters. The second-order valence-electron chi connectivity index (χ2n) is 3.27. The molecule has 0 unspecified atom stereocenters. The Morgan fingerprint density at radius 2 is 1.92 bits per heavy atom. The van der Waals surface area contributed by atoms with Crippen LogP contribution < -0.4 is 0 Å². The maximum atomic E-state index is 8.67. The van der Waals surface area contributed by atoms with E-state index >= 15 is 0 Å². The van der Waals surface area contributed by atoms with E-state index in [1.54, 1.807) is 0 Å². The molecule has 0 aromatic rings. The van der Waals surface area contributed by atoms with Crippen molar-refractivity contribution in [3.8, 4) is 12.0 Å². The lowest BCUT2D eigenvalue weighted by molar-refractivity contribution is 0.161. The Labute approximate surface area is 80.3 Å². The summed E-state index contributed by atoms with van der Waals surface area (Å²) in [5, 5.41) is 8.67. The lowest BCUT2D eigenvalue weighted by Crippen LogP contribution is -2.44. The van der Waals surface area contributed by atoms with Crippen LogP contribution >= 0.6 is 0 Å². The van der Waals surface area contributed by atoms with E-state index in [9.17, 15) is 0 Å². The van der Waals surface area contributed by atoms with Crippen molar-refractivity contribution in [2.45, 2.75) is 13.3 Å². The predicted octanol–water partition coefficient (Wildman–Crippen LogP) is -0.0328. The number of piperazine rings is 1. The largest absolute Gasteiger partial charge is 0.396 e. The summed E-state index contributed by atoms with van der Waals surface area (Å²) in [6, 6.07) is 3.07. The molecule has 3 nitrogen and oxygen atoms in total. The van der Waals surface area contributed by atoms with Gasteiger partial charge >= 0.3 is 0 Å². The van der Waals surface area contributed by atoms with Crippen molar-refractivity contribution < 1.29 is 5.11 Å². The zero-order chi connectivity index (χ0) is 9.52. The fourth-order valence-corrected chi connectivity index (χ4v) is 1.54. The summed E-state index contributed by atoms with van der Waals surface area (Å²) in [6.45, 7) is 7.42. The third kappa shape index (κ3) is 3.67. The molecule has 1 aliphatic heterocycles. The van der Waals surface area contributed by atoms with Crippen molar-refractivity contribution in [3.63, 3.8) is 0 Å². The highest BCUT2D eigenvalue weighted by Gasteiger charge is 2.13. The van der Waals surface area contributed by atoms with E-state index in [1.165, 1.54) is 0 Å². The van der Waals surface area contributed by atoms with Crippen molar-refractivity contribution in [2.24, 2.45) is 0 Å². The van der Waals surface area contributed by atoms with Gasteiger partial charge in [0.25, 0.3) is 0 Å². The number of hydrogen-bond acceptors (Lipinski definition) is 3. The van der Waals surface area contributed by atoms with Gasteiger partial charge in [0.05, 0.1) is 0 Å². The molecule has 13 heavy (non-hydrogen) atoms. The Kier molecular flexibility index (Phi) is 4.66. The van der Waals surface area contributed by atoms with Crippen molar-refractivity contribution in [3.05, 3.63) is 0 Å². The van der Waals surface area contributed by atoms with Crippen molar-refractivity contribution in [1.82, 2.24) is 9.80 Å². The maximum Gasteiger partial charge on any atom is 0.0443 e. The SMILES string of the molecule is CC#CN1CCN(CCCO)CC1.